The van der Waals surface area contributed by atoms with Crippen LogP contribution in [-0.2, 0) is 9.53 Å². The van der Waals surface area contributed by atoms with Crippen molar-refractivity contribution in [2.24, 2.45) is 0 Å². The van der Waals surface area contributed by atoms with Crippen LogP contribution < -0.4 is 16.0 Å². The summed E-state index contributed by atoms with van der Waals surface area (Å²) >= 11 is 0. The van der Waals surface area contributed by atoms with Gasteiger partial charge < -0.3 is 15.4 Å². The largest absolute Gasteiger partial charge is 0.383 e. The number of carbonyl (C=O) groups excluding carboxylic acids is 2. The highest BCUT2D eigenvalue weighted by molar-refractivity contribution is 5.95. The van der Waals surface area contributed by atoms with Crippen molar-refractivity contribution in [3.63, 3.8) is 0 Å². The van der Waals surface area contributed by atoms with Gasteiger partial charge in [0, 0.05) is 26.2 Å². The van der Waals surface area contributed by atoms with Crippen molar-refractivity contribution in [1.82, 2.24) is 20.9 Å². The zero-order chi connectivity index (χ0) is 15.5. The van der Waals surface area contributed by atoms with E-state index in [1.165, 1.54) is 0 Å². The van der Waals surface area contributed by atoms with Crippen molar-refractivity contribution in [2.75, 3.05) is 46.4 Å². The topological polar surface area (TPSA) is 82.7 Å². The summed E-state index contributed by atoms with van der Waals surface area (Å²) < 4.78 is 4.83. The summed E-state index contributed by atoms with van der Waals surface area (Å²) in [5.41, 5.74) is 0. The minimum atomic E-state index is -0.463. The fourth-order valence-corrected chi connectivity index (χ4v) is 2.48. The van der Waals surface area contributed by atoms with Gasteiger partial charge in [-0.2, -0.15) is 0 Å². The number of ether oxygens (including phenoxy) is 1. The smallest absolute Gasteiger partial charge is 0.321 e. The van der Waals surface area contributed by atoms with E-state index in [4.69, 9.17) is 4.74 Å². The maximum atomic E-state index is 11.9. The predicted molar refractivity (Wildman–Crippen MR) is 81.2 cm³/mol. The molecule has 3 amide bonds. The molecule has 7 heteroatoms. The molecular weight excluding hydrogens is 272 g/mol. The second kappa shape index (κ2) is 10.5. The van der Waals surface area contributed by atoms with E-state index in [-0.39, 0.29) is 12.5 Å². The monoisotopic (exact) mass is 300 g/mol. The van der Waals surface area contributed by atoms with Crippen LogP contribution in [0.25, 0.3) is 0 Å². The number of hydrogen-bond donors (Lipinski definition) is 3. The van der Waals surface area contributed by atoms with Gasteiger partial charge in [-0.3, -0.25) is 15.0 Å². The van der Waals surface area contributed by atoms with E-state index < -0.39 is 6.03 Å². The predicted octanol–water partition coefficient (Wildman–Crippen LogP) is -0.0774. The Kier molecular flexibility index (Phi) is 8.96. The standard InChI is InChI=1S/C14H28N4O3/c1-3-8-18(12-5-4-6-15-10-12)11-13(19)17-14(20)16-7-9-21-2/h12,15H,3-11H2,1-2H3,(H2,16,17,19,20). The van der Waals surface area contributed by atoms with Crippen LogP contribution in [0, 0.1) is 0 Å². The molecule has 1 saturated heterocycles. The third-order valence-corrected chi connectivity index (χ3v) is 3.49. The van der Waals surface area contributed by atoms with Crippen LogP contribution in [0.2, 0.25) is 0 Å². The normalized spacial score (nSPS) is 18.5. The van der Waals surface area contributed by atoms with Crippen molar-refractivity contribution < 1.29 is 14.3 Å². The molecule has 0 radical (unpaired) electrons. The van der Waals surface area contributed by atoms with Gasteiger partial charge in [0.05, 0.1) is 13.2 Å². The van der Waals surface area contributed by atoms with Gasteiger partial charge in [0.2, 0.25) is 5.91 Å². The van der Waals surface area contributed by atoms with Gasteiger partial charge in [0.1, 0.15) is 0 Å². The number of nitrogens with one attached hydrogen (secondary N) is 3. The van der Waals surface area contributed by atoms with E-state index in [2.05, 4.69) is 27.8 Å². The molecule has 1 aliphatic heterocycles. The second-order valence-corrected chi connectivity index (χ2v) is 5.27. The fourth-order valence-electron chi connectivity index (χ4n) is 2.48. The Morgan fingerprint density at radius 3 is 2.86 bits per heavy atom. The Morgan fingerprint density at radius 1 is 1.43 bits per heavy atom. The summed E-state index contributed by atoms with van der Waals surface area (Å²) in [6.07, 6.45) is 3.22. The first-order valence-electron chi connectivity index (χ1n) is 7.68. The molecule has 0 aromatic rings. The van der Waals surface area contributed by atoms with E-state index in [1.807, 2.05) is 0 Å². The summed E-state index contributed by atoms with van der Waals surface area (Å²) in [5, 5.41) is 8.29. The molecule has 0 bridgehead atoms. The van der Waals surface area contributed by atoms with E-state index in [0.29, 0.717) is 19.2 Å². The first kappa shape index (κ1) is 17.9. The Hall–Kier alpha value is -1.18. The van der Waals surface area contributed by atoms with Gasteiger partial charge in [0.15, 0.2) is 0 Å². The number of imide groups is 1. The summed E-state index contributed by atoms with van der Waals surface area (Å²) in [4.78, 5) is 25.6. The molecule has 1 aliphatic rings. The lowest BCUT2D eigenvalue weighted by Gasteiger charge is -2.33. The number of piperidine rings is 1. The van der Waals surface area contributed by atoms with Crippen molar-refractivity contribution in [3.05, 3.63) is 0 Å². The van der Waals surface area contributed by atoms with E-state index in [9.17, 15) is 9.59 Å². The van der Waals surface area contributed by atoms with Crippen LogP contribution in [0.15, 0.2) is 0 Å². The first-order valence-corrected chi connectivity index (χ1v) is 7.68. The molecule has 0 saturated carbocycles. The Morgan fingerprint density at radius 2 is 2.24 bits per heavy atom. The Balaban J connectivity index is 2.35. The van der Waals surface area contributed by atoms with Gasteiger partial charge in [-0.1, -0.05) is 6.92 Å². The van der Waals surface area contributed by atoms with Crippen LogP contribution in [0.5, 0.6) is 0 Å². The highest BCUT2D eigenvalue weighted by Gasteiger charge is 2.22. The minimum absolute atomic E-state index is 0.260. The van der Waals surface area contributed by atoms with Crippen molar-refractivity contribution in [3.8, 4) is 0 Å². The maximum Gasteiger partial charge on any atom is 0.321 e. The van der Waals surface area contributed by atoms with Gasteiger partial charge >= 0.3 is 6.03 Å². The molecule has 0 spiro atoms. The number of methoxy groups -OCH3 is 1. The first-order chi connectivity index (χ1) is 10.2. The van der Waals surface area contributed by atoms with E-state index >= 15 is 0 Å². The average molecular weight is 300 g/mol. The molecule has 122 valence electrons. The van der Waals surface area contributed by atoms with Crippen LogP contribution in [0.4, 0.5) is 4.79 Å². The maximum absolute atomic E-state index is 11.9. The zero-order valence-corrected chi connectivity index (χ0v) is 13.1. The molecule has 1 unspecified atom stereocenters. The van der Waals surface area contributed by atoms with Crippen LogP contribution in [0.1, 0.15) is 26.2 Å². The molecule has 3 N–H and O–H groups in total. The third kappa shape index (κ3) is 7.40. The highest BCUT2D eigenvalue weighted by atomic mass is 16.5. The molecule has 1 rings (SSSR count). The molecule has 0 aromatic carbocycles. The number of nitrogens with zero attached hydrogens (tertiary/aromatic N) is 1. The van der Waals surface area contributed by atoms with E-state index in [1.54, 1.807) is 7.11 Å². The number of hydrogen-bond acceptors (Lipinski definition) is 5. The lowest BCUT2D eigenvalue weighted by Crippen LogP contribution is -2.51. The fraction of sp³-hybridized carbons (Fsp3) is 0.857. The summed E-state index contributed by atoms with van der Waals surface area (Å²) in [6.45, 7) is 6.00. The molecule has 21 heavy (non-hydrogen) atoms. The van der Waals surface area contributed by atoms with Gasteiger partial charge in [0.25, 0.3) is 0 Å². The second-order valence-electron chi connectivity index (χ2n) is 5.27. The van der Waals surface area contributed by atoms with Gasteiger partial charge in [-0.05, 0) is 32.4 Å². The minimum Gasteiger partial charge on any atom is -0.383 e. The molecule has 0 aliphatic carbocycles. The lowest BCUT2D eigenvalue weighted by atomic mass is 10.1. The van der Waals surface area contributed by atoms with Crippen LogP contribution in [0.3, 0.4) is 0 Å². The van der Waals surface area contributed by atoms with Gasteiger partial charge in [-0.25, -0.2) is 4.79 Å². The summed E-state index contributed by atoms with van der Waals surface area (Å²) in [5.74, 6) is -0.260. The lowest BCUT2D eigenvalue weighted by molar-refractivity contribution is -0.121. The van der Waals surface area contributed by atoms with Crippen molar-refractivity contribution in [1.29, 1.82) is 0 Å². The van der Waals surface area contributed by atoms with Gasteiger partial charge in [-0.15, -0.1) is 0 Å². The quantitative estimate of drug-likeness (QED) is 0.546. The van der Waals surface area contributed by atoms with Crippen LogP contribution in [-0.4, -0.2) is 69.3 Å². The number of urea groups is 1. The average Bonchev–Trinajstić information content (AvgIpc) is 2.48. The summed E-state index contributed by atoms with van der Waals surface area (Å²) in [7, 11) is 1.56. The third-order valence-electron chi connectivity index (χ3n) is 3.49. The molecule has 7 nitrogen and oxygen atoms in total. The van der Waals surface area contributed by atoms with E-state index in [0.717, 1.165) is 38.9 Å². The zero-order valence-electron chi connectivity index (χ0n) is 13.1. The SMILES string of the molecule is CCCN(CC(=O)NC(=O)NCCOC)C1CCCNC1. The van der Waals surface area contributed by atoms with Crippen LogP contribution >= 0.6 is 0 Å². The molecule has 0 aromatic heterocycles. The number of amides is 3. The Labute approximate surface area is 126 Å². The Bertz CT molecular complexity index is 319. The molecular formula is C14H28N4O3. The summed E-state index contributed by atoms with van der Waals surface area (Å²) in [6, 6.07) is -0.0868. The number of carbonyl (C=O) groups is 2. The molecule has 1 atom stereocenters. The number of rotatable bonds is 8. The molecule has 1 heterocycles. The van der Waals surface area contributed by atoms with Crippen molar-refractivity contribution >= 4 is 11.9 Å². The van der Waals surface area contributed by atoms with Crippen molar-refractivity contribution in [2.45, 2.75) is 32.2 Å². The molecule has 1 fully saturated rings. The highest BCUT2D eigenvalue weighted by Crippen LogP contribution is 2.10.